The first kappa shape index (κ1) is 17.4. The molecule has 8 heteroatoms. The highest BCUT2D eigenvalue weighted by atomic mass is 79.9. The second-order valence-corrected chi connectivity index (χ2v) is 5.36. The van der Waals surface area contributed by atoms with Gasteiger partial charge in [-0.2, -0.15) is 0 Å². The van der Waals surface area contributed by atoms with Crippen LogP contribution in [0.25, 0.3) is 0 Å². The number of carbonyl (C=O) groups excluding carboxylic acids is 1. The van der Waals surface area contributed by atoms with Crippen LogP contribution in [0.1, 0.15) is 19.8 Å². The van der Waals surface area contributed by atoms with Crippen LogP contribution in [0.4, 0.5) is 19.3 Å². The molecule has 1 unspecified atom stereocenters. The van der Waals surface area contributed by atoms with Crippen molar-refractivity contribution in [2.75, 3.05) is 11.9 Å². The molecule has 0 aromatic heterocycles. The van der Waals surface area contributed by atoms with Gasteiger partial charge in [-0.05, 0) is 34.8 Å². The van der Waals surface area contributed by atoms with E-state index in [-0.39, 0.29) is 16.7 Å². The lowest BCUT2D eigenvalue weighted by Gasteiger charge is -2.11. The minimum Gasteiger partial charge on any atom is -0.481 e. The summed E-state index contributed by atoms with van der Waals surface area (Å²) in [5.41, 5.74) is -0.159. The third-order valence-electron chi connectivity index (χ3n) is 2.77. The highest BCUT2D eigenvalue weighted by Gasteiger charge is 2.13. The Labute approximate surface area is 128 Å². The largest absolute Gasteiger partial charge is 0.481 e. The number of hydrogen-bond donors (Lipinski definition) is 3. The second kappa shape index (κ2) is 7.92. The smallest absolute Gasteiger partial charge is 0.319 e. The molecule has 5 nitrogen and oxygen atoms in total. The first-order valence-electron chi connectivity index (χ1n) is 6.23. The summed E-state index contributed by atoms with van der Waals surface area (Å²) in [6, 6.07) is 1.05. The van der Waals surface area contributed by atoms with E-state index in [2.05, 4.69) is 26.6 Å². The molecule has 2 amide bonds. The number of hydrogen-bond acceptors (Lipinski definition) is 2. The summed E-state index contributed by atoms with van der Waals surface area (Å²) in [7, 11) is 0. The van der Waals surface area contributed by atoms with E-state index in [0.717, 1.165) is 6.07 Å². The van der Waals surface area contributed by atoms with E-state index >= 15 is 0 Å². The van der Waals surface area contributed by atoms with E-state index in [0.29, 0.717) is 18.9 Å². The summed E-state index contributed by atoms with van der Waals surface area (Å²) < 4.78 is 26.5. The van der Waals surface area contributed by atoms with Crippen molar-refractivity contribution in [1.29, 1.82) is 0 Å². The van der Waals surface area contributed by atoms with Crippen molar-refractivity contribution in [3.05, 3.63) is 28.2 Å². The lowest BCUT2D eigenvalue weighted by Crippen LogP contribution is -2.30. The molecule has 0 bridgehead atoms. The van der Waals surface area contributed by atoms with Gasteiger partial charge in [0.05, 0.1) is 11.6 Å². The molecule has 0 fully saturated rings. The number of rotatable bonds is 6. The topological polar surface area (TPSA) is 78.4 Å². The Balaban J connectivity index is 2.43. The average Bonchev–Trinajstić information content (AvgIpc) is 2.38. The zero-order valence-electron chi connectivity index (χ0n) is 11.3. The van der Waals surface area contributed by atoms with Gasteiger partial charge in [-0.1, -0.05) is 6.92 Å². The van der Waals surface area contributed by atoms with Crippen LogP contribution < -0.4 is 10.6 Å². The normalized spacial score (nSPS) is 11.8. The molecule has 116 valence electrons. The second-order valence-electron chi connectivity index (χ2n) is 4.51. The molecule has 3 N–H and O–H groups in total. The molecule has 0 aliphatic rings. The maximum absolute atomic E-state index is 13.5. The van der Waals surface area contributed by atoms with Gasteiger partial charge in [0, 0.05) is 17.1 Å². The fourth-order valence-corrected chi connectivity index (χ4v) is 2.06. The fourth-order valence-electron chi connectivity index (χ4n) is 1.55. The summed E-state index contributed by atoms with van der Waals surface area (Å²) in [5.74, 6) is -3.03. The number of anilines is 1. The van der Waals surface area contributed by atoms with Gasteiger partial charge < -0.3 is 15.7 Å². The Morgan fingerprint density at radius 2 is 2.05 bits per heavy atom. The standard InChI is InChI=1S/C13H15BrF2N2O3/c1-7(12(19)20)3-2-4-17-13(21)18-11-9(14)5-8(15)6-10(11)16/h5-7H,2-4H2,1H3,(H,19,20)(H2,17,18,21). The van der Waals surface area contributed by atoms with Gasteiger partial charge in [0.15, 0.2) is 5.82 Å². The van der Waals surface area contributed by atoms with Crippen molar-refractivity contribution in [2.24, 2.45) is 5.92 Å². The zero-order chi connectivity index (χ0) is 16.0. The predicted octanol–water partition coefficient (Wildman–Crippen LogP) is 3.35. The van der Waals surface area contributed by atoms with Crippen molar-refractivity contribution < 1.29 is 23.5 Å². The van der Waals surface area contributed by atoms with Crippen LogP contribution in [-0.4, -0.2) is 23.7 Å². The van der Waals surface area contributed by atoms with E-state index < -0.39 is 29.6 Å². The van der Waals surface area contributed by atoms with Crippen LogP contribution in [0.5, 0.6) is 0 Å². The monoisotopic (exact) mass is 364 g/mol. The van der Waals surface area contributed by atoms with Gasteiger partial charge >= 0.3 is 12.0 Å². The van der Waals surface area contributed by atoms with Crippen LogP contribution in [0.2, 0.25) is 0 Å². The minimum atomic E-state index is -0.892. The average molecular weight is 365 g/mol. The van der Waals surface area contributed by atoms with Gasteiger partial charge in [0.25, 0.3) is 0 Å². The molecule has 0 radical (unpaired) electrons. The van der Waals surface area contributed by atoms with Crippen molar-refractivity contribution in [1.82, 2.24) is 5.32 Å². The number of carbonyl (C=O) groups is 2. The van der Waals surface area contributed by atoms with Crippen LogP contribution in [0.3, 0.4) is 0 Å². The lowest BCUT2D eigenvalue weighted by atomic mass is 10.1. The number of benzene rings is 1. The first-order valence-corrected chi connectivity index (χ1v) is 7.02. The minimum absolute atomic E-state index is 0.0923. The molecule has 0 aliphatic carbocycles. The Hall–Kier alpha value is -1.70. The molecular formula is C13H15BrF2N2O3. The summed E-state index contributed by atoms with van der Waals surface area (Å²) in [6.45, 7) is 1.83. The molecule has 0 saturated heterocycles. The number of carboxylic acid groups (broad SMARTS) is 1. The van der Waals surface area contributed by atoms with E-state index in [1.807, 2.05) is 0 Å². The van der Waals surface area contributed by atoms with Crippen molar-refractivity contribution in [2.45, 2.75) is 19.8 Å². The third kappa shape index (κ3) is 5.66. The Morgan fingerprint density at radius 3 is 2.62 bits per heavy atom. The molecule has 1 atom stereocenters. The number of carboxylic acids is 1. The molecule has 1 aromatic carbocycles. The maximum atomic E-state index is 13.5. The van der Waals surface area contributed by atoms with Gasteiger partial charge in [0.1, 0.15) is 5.82 Å². The Morgan fingerprint density at radius 1 is 1.38 bits per heavy atom. The lowest BCUT2D eigenvalue weighted by molar-refractivity contribution is -0.141. The van der Waals surface area contributed by atoms with E-state index in [1.165, 1.54) is 0 Å². The fraction of sp³-hybridized carbons (Fsp3) is 0.385. The summed E-state index contributed by atoms with van der Waals surface area (Å²) >= 11 is 2.96. The van der Waals surface area contributed by atoms with Gasteiger partial charge in [-0.3, -0.25) is 4.79 Å². The molecular weight excluding hydrogens is 350 g/mol. The van der Waals surface area contributed by atoms with Crippen molar-refractivity contribution >= 4 is 33.6 Å². The Bertz CT molecular complexity index is 517. The van der Waals surface area contributed by atoms with Crippen LogP contribution in [0, 0.1) is 17.6 Å². The number of urea groups is 1. The molecule has 0 spiro atoms. The highest BCUT2D eigenvalue weighted by Crippen LogP contribution is 2.26. The van der Waals surface area contributed by atoms with Gasteiger partial charge in [-0.15, -0.1) is 0 Å². The van der Waals surface area contributed by atoms with Gasteiger partial charge in [0.2, 0.25) is 0 Å². The molecule has 21 heavy (non-hydrogen) atoms. The number of aliphatic carboxylic acids is 1. The van der Waals surface area contributed by atoms with Crippen molar-refractivity contribution in [3.8, 4) is 0 Å². The summed E-state index contributed by atoms with van der Waals surface area (Å²) in [4.78, 5) is 22.2. The van der Waals surface area contributed by atoms with E-state index in [9.17, 15) is 18.4 Å². The molecule has 1 aromatic rings. The zero-order valence-corrected chi connectivity index (χ0v) is 12.8. The molecule has 1 rings (SSSR count). The predicted molar refractivity (Wildman–Crippen MR) is 77.1 cm³/mol. The summed E-state index contributed by atoms with van der Waals surface area (Å²) in [6.07, 6.45) is 0.901. The molecule has 0 saturated carbocycles. The van der Waals surface area contributed by atoms with Crippen LogP contribution in [0.15, 0.2) is 16.6 Å². The number of amides is 2. The Kier molecular flexibility index (Phi) is 6.54. The van der Waals surface area contributed by atoms with E-state index in [4.69, 9.17) is 5.11 Å². The van der Waals surface area contributed by atoms with Crippen LogP contribution in [-0.2, 0) is 4.79 Å². The number of nitrogens with one attached hydrogen (secondary N) is 2. The quantitative estimate of drug-likeness (QED) is 0.677. The molecule has 0 aliphatic heterocycles. The summed E-state index contributed by atoms with van der Waals surface area (Å²) in [5, 5.41) is 13.4. The number of halogens is 3. The molecule has 0 heterocycles. The van der Waals surface area contributed by atoms with Crippen LogP contribution >= 0.6 is 15.9 Å². The van der Waals surface area contributed by atoms with Gasteiger partial charge in [-0.25, -0.2) is 13.6 Å². The third-order valence-corrected chi connectivity index (χ3v) is 3.39. The SMILES string of the molecule is CC(CCCNC(=O)Nc1c(F)cc(F)cc1Br)C(=O)O. The van der Waals surface area contributed by atoms with Crippen molar-refractivity contribution in [3.63, 3.8) is 0 Å². The highest BCUT2D eigenvalue weighted by molar-refractivity contribution is 9.10. The first-order chi connectivity index (χ1) is 9.81. The maximum Gasteiger partial charge on any atom is 0.319 e. The van der Waals surface area contributed by atoms with E-state index in [1.54, 1.807) is 6.92 Å².